The molecule has 1 aromatic carbocycles. The number of rotatable bonds is 7. The van der Waals surface area contributed by atoms with Gasteiger partial charge in [-0.15, -0.1) is 11.3 Å². The minimum Gasteiger partial charge on any atom is -0.379 e. The maximum Gasteiger partial charge on any atom is 0.263 e. The Morgan fingerprint density at radius 1 is 1.23 bits per heavy atom. The van der Waals surface area contributed by atoms with E-state index in [1.54, 1.807) is 23.1 Å². The van der Waals surface area contributed by atoms with Crippen LogP contribution >= 0.6 is 34.7 Å². The maximum atomic E-state index is 13.4. The number of halogens is 1. The summed E-state index contributed by atoms with van der Waals surface area (Å²) in [6, 6.07) is 7.85. The average Bonchev–Trinajstić information content (AvgIpc) is 3.03. The molecule has 2 aromatic heterocycles. The summed E-state index contributed by atoms with van der Waals surface area (Å²) in [5, 5.41) is 2.29. The summed E-state index contributed by atoms with van der Waals surface area (Å²) in [4.78, 5) is 22.7. The minimum absolute atomic E-state index is 0.0809. The first kappa shape index (κ1) is 21.8. The van der Waals surface area contributed by atoms with Crippen LogP contribution in [0.1, 0.15) is 22.4 Å². The first-order valence-electron chi connectivity index (χ1n) is 10.2. The van der Waals surface area contributed by atoms with Gasteiger partial charge in [-0.3, -0.25) is 14.3 Å². The van der Waals surface area contributed by atoms with Crippen molar-refractivity contribution >= 4 is 44.9 Å². The van der Waals surface area contributed by atoms with Crippen molar-refractivity contribution in [1.82, 2.24) is 14.5 Å². The van der Waals surface area contributed by atoms with Crippen LogP contribution in [0.2, 0.25) is 5.02 Å². The van der Waals surface area contributed by atoms with Crippen molar-refractivity contribution in [2.24, 2.45) is 0 Å². The summed E-state index contributed by atoms with van der Waals surface area (Å²) in [5.41, 5.74) is 2.26. The number of hydrogen-bond acceptors (Lipinski definition) is 6. The Balaban J connectivity index is 1.59. The first-order chi connectivity index (χ1) is 14.5. The van der Waals surface area contributed by atoms with E-state index >= 15 is 0 Å². The van der Waals surface area contributed by atoms with Crippen LogP contribution in [0.3, 0.4) is 0 Å². The lowest BCUT2D eigenvalue weighted by atomic mass is 10.2. The molecular formula is C22H26ClN3O2S2. The van der Waals surface area contributed by atoms with E-state index in [1.807, 2.05) is 29.7 Å². The molecule has 3 aromatic rings. The SMILES string of the molecule is Cc1sc2nc(SCc3cccc(Cl)c3)n(CCCN3CCOCC3)c(=O)c2c1C. The number of morpholine rings is 1. The Hall–Kier alpha value is -1.38. The van der Waals surface area contributed by atoms with Gasteiger partial charge in [0.25, 0.3) is 5.56 Å². The third-order valence-corrected chi connectivity index (χ3v) is 7.85. The van der Waals surface area contributed by atoms with E-state index in [0.717, 1.165) is 81.4 Å². The van der Waals surface area contributed by atoms with Crippen LogP contribution in [0.5, 0.6) is 0 Å². The zero-order chi connectivity index (χ0) is 21.1. The standard InChI is InChI=1S/C22H26ClN3O2S2/c1-15-16(2)30-20-19(15)21(27)26(8-4-7-25-9-11-28-12-10-25)22(24-20)29-14-17-5-3-6-18(23)13-17/h3,5-6,13H,4,7-12,14H2,1-2H3. The van der Waals surface area contributed by atoms with Crippen LogP contribution in [0.15, 0.2) is 34.2 Å². The van der Waals surface area contributed by atoms with Gasteiger partial charge in [0.1, 0.15) is 4.83 Å². The molecule has 3 heterocycles. The van der Waals surface area contributed by atoms with Gasteiger partial charge in [0.15, 0.2) is 5.16 Å². The minimum atomic E-state index is 0.0809. The molecule has 1 saturated heterocycles. The fraction of sp³-hybridized carbons (Fsp3) is 0.455. The molecule has 0 amide bonds. The van der Waals surface area contributed by atoms with Gasteiger partial charge in [0.05, 0.1) is 18.6 Å². The number of nitrogens with zero attached hydrogens (tertiary/aromatic N) is 3. The number of thiophene rings is 1. The highest BCUT2D eigenvalue weighted by molar-refractivity contribution is 7.98. The van der Waals surface area contributed by atoms with Crippen LogP contribution in [0.25, 0.3) is 10.2 Å². The molecule has 160 valence electrons. The molecule has 0 bridgehead atoms. The largest absolute Gasteiger partial charge is 0.379 e. The molecule has 30 heavy (non-hydrogen) atoms. The molecule has 8 heteroatoms. The third-order valence-electron chi connectivity index (χ3n) is 5.47. The zero-order valence-electron chi connectivity index (χ0n) is 17.3. The fourth-order valence-corrected chi connectivity index (χ4v) is 5.92. The Morgan fingerprint density at radius 3 is 2.80 bits per heavy atom. The van der Waals surface area contributed by atoms with Crippen molar-refractivity contribution in [2.75, 3.05) is 32.8 Å². The molecule has 0 radical (unpaired) electrons. The molecule has 0 spiro atoms. The second kappa shape index (κ2) is 9.83. The summed E-state index contributed by atoms with van der Waals surface area (Å²) >= 11 is 9.34. The lowest BCUT2D eigenvalue weighted by Crippen LogP contribution is -2.37. The van der Waals surface area contributed by atoms with Gasteiger partial charge in [-0.25, -0.2) is 4.98 Å². The molecule has 5 nitrogen and oxygen atoms in total. The lowest BCUT2D eigenvalue weighted by Gasteiger charge is -2.26. The average molecular weight is 464 g/mol. The van der Waals surface area contributed by atoms with E-state index in [2.05, 4.69) is 17.9 Å². The van der Waals surface area contributed by atoms with E-state index in [-0.39, 0.29) is 5.56 Å². The third kappa shape index (κ3) is 4.92. The predicted octanol–water partition coefficient (Wildman–Crippen LogP) is 4.74. The quantitative estimate of drug-likeness (QED) is 0.374. The van der Waals surface area contributed by atoms with Crippen LogP contribution < -0.4 is 5.56 Å². The Bertz CT molecular complexity index is 1090. The second-order valence-corrected chi connectivity index (χ2v) is 10.1. The number of ether oxygens (including phenoxy) is 1. The van der Waals surface area contributed by atoms with E-state index in [0.29, 0.717) is 6.54 Å². The molecule has 0 aliphatic carbocycles. The number of thioether (sulfide) groups is 1. The van der Waals surface area contributed by atoms with Gasteiger partial charge in [-0.1, -0.05) is 35.5 Å². The molecule has 4 rings (SSSR count). The van der Waals surface area contributed by atoms with Crippen molar-refractivity contribution in [1.29, 1.82) is 0 Å². The van der Waals surface area contributed by atoms with E-state index < -0.39 is 0 Å². The molecule has 0 N–H and O–H groups in total. The van der Waals surface area contributed by atoms with Gasteiger partial charge in [-0.2, -0.15) is 0 Å². The van der Waals surface area contributed by atoms with Crippen LogP contribution in [-0.4, -0.2) is 47.3 Å². The predicted molar refractivity (Wildman–Crippen MR) is 126 cm³/mol. The second-order valence-electron chi connectivity index (χ2n) is 7.54. The van der Waals surface area contributed by atoms with E-state index in [1.165, 1.54) is 0 Å². The monoisotopic (exact) mass is 463 g/mol. The molecule has 0 saturated carbocycles. The van der Waals surface area contributed by atoms with E-state index in [9.17, 15) is 4.79 Å². The Kier molecular flexibility index (Phi) is 7.16. The van der Waals surface area contributed by atoms with E-state index in [4.69, 9.17) is 21.3 Å². The van der Waals surface area contributed by atoms with Crippen LogP contribution in [-0.2, 0) is 17.0 Å². The first-order valence-corrected chi connectivity index (χ1v) is 12.4. The van der Waals surface area contributed by atoms with Gasteiger partial charge in [-0.05, 0) is 43.5 Å². The highest BCUT2D eigenvalue weighted by atomic mass is 35.5. The summed E-state index contributed by atoms with van der Waals surface area (Å²) in [7, 11) is 0. The van der Waals surface area contributed by atoms with Gasteiger partial charge < -0.3 is 4.74 Å². The highest BCUT2D eigenvalue weighted by Gasteiger charge is 2.17. The molecular weight excluding hydrogens is 438 g/mol. The lowest BCUT2D eigenvalue weighted by molar-refractivity contribution is 0.0368. The molecule has 0 unspecified atom stereocenters. The zero-order valence-corrected chi connectivity index (χ0v) is 19.7. The Morgan fingerprint density at radius 2 is 2.03 bits per heavy atom. The summed E-state index contributed by atoms with van der Waals surface area (Å²) < 4.78 is 7.30. The molecule has 1 aliphatic heterocycles. The highest BCUT2D eigenvalue weighted by Crippen LogP contribution is 2.29. The van der Waals surface area contributed by atoms with Crippen molar-refractivity contribution in [3.8, 4) is 0 Å². The van der Waals surface area contributed by atoms with Crippen LogP contribution in [0, 0.1) is 13.8 Å². The summed E-state index contributed by atoms with van der Waals surface area (Å²) in [6.45, 7) is 9.23. The van der Waals surface area contributed by atoms with Crippen molar-refractivity contribution < 1.29 is 4.74 Å². The summed E-state index contributed by atoms with van der Waals surface area (Å²) in [6.07, 6.45) is 0.917. The molecule has 0 atom stereocenters. The van der Waals surface area contributed by atoms with Crippen LogP contribution in [0.4, 0.5) is 0 Å². The summed E-state index contributed by atoms with van der Waals surface area (Å²) in [5.74, 6) is 0.727. The molecule has 1 fully saturated rings. The smallest absolute Gasteiger partial charge is 0.263 e. The van der Waals surface area contributed by atoms with Crippen molar-refractivity contribution in [3.05, 3.63) is 55.6 Å². The number of fused-ring (bicyclic) bond motifs is 1. The van der Waals surface area contributed by atoms with Gasteiger partial charge in [0, 0.05) is 41.8 Å². The van der Waals surface area contributed by atoms with Crippen molar-refractivity contribution in [2.45, 2.75) is 37.7 Å². The number of aromatic nitrogens is 2. The number of aryl methyl sites for hydroxylation is 2. The van der Waals surface area contributed by atoms with Gasteiger partial charge in [0.2, 0.25) is 0 Å². The Labute approximate surface area is 190 Å². The molecule has 1 aliphatic rings. The normalized spacial score (nSPS) is 15.2. The number of hydrogen-bond donors (Lipinski definition) is 0. The fourth-order valence-electron chi connectivity index (χ4n) is 3.67. The van der Waals surface area contributed by atoms with Crippen molar-refractivity contribution in [3.63, 3.8) is 0 Å². The van der Waals surface area contributed by atoms with Gasteiger partial charge >= 0.3 is 0 Å². The maximum absolute atomic E-state index is 13.4. The number of benzene rings is 1. The topological polar surface area (TPSA) is 47.4 Å².